The van der Waals surface area contributed by atoms with Crippen LogP contribution in [0.3, 0.4) is 0 Å². The summed E-state index contributed by atoms with van der Waals surface area (Å²) in [5.74, 6) is 0.821. The summed E-state index contributed by atoms with van der Waals surface area (Å²) in [5, 5.41) is 6.35. The second-order valence-electron chi connectivity index (χ2n) is 3.08. The maximum Gasteiger partial charge on any atom is 0.191 e. The van der Waals surface area contributed by atoms with Crippen molar-refractivity contribution in [2.24, 2.45) is 4.99 Å². The van der Waals surface area contributed by atoms with Crippen molar-refractivity contribution in [1.82, 2.24) is 10.6 Å². The van der Waals surface area contributed by atoms with Gasteiger partial charge in [0.05, 0.1) is 19.8 Å². The number of hydrogen-bond acceptors (Lipinski definition) is 3. The summed E-state index contributed by atoms with van der Waals surface area (Å²) in [6.07, 6.45) is 0. The van der Waals surface area contributed by atoms with Gasteiger partial charge in [-0.15, -0.1) is 24.0 Å². The maximum atomic E-state index is 5.24. The highest BCUT2D eigenvalue weighted by molar-refractivity contribution is 14.0. The van der Waals surface area contributed by atoms with E-state index in [0.29, 0.717) is 19.8 Å². The van der Waals surface area contributed by atoms with Gasteiger partial charge >= 0.3 is 0 Å². The summed E-state index contributed by atoms with van der Waals surface area (Å²) in [6, 6.07) is 0. The highest BCUT2D eigenvalue weighted by atomic mass is 127. The number of aliphatic imine (C=N–C) groups is 1. The Morgan fingerprint density at radius 1 is 1.00 bits per heavy atom. The van der Waals surface area contributed by atoms with Gasteiger partial charge in [-0.25, -0.2) is 0 Å². The normalized spacial score (nSPS) is 10.9. The topological polar surface area (TPSA) is 54.9 Å². The van der Waals surface area contributed by atoms with Crippen molar-refractivity contribution < 1.29 is 9.47 Å². The zero-order valence-corrected chi connectivity index (χ0v) is 13.5. The van der Waals surface area contributed by atoms with Crippen LogP contribution in [0.15, 0.2) is 4.99 Å². The van der Waals surface area contributed by atoms with E-state index >= 15 is 0 Å². The molecule has 0 bridgehead atoms. The molecule has 0 heterocycles. The van der Waals surface area contributed by atoms with Gasteiger partial charge in [0.15, 0.2) is 5.96 Å². The van der Waals surface area contributed by atoms with Gasteiger partial charge in [-0.2, -0.15) is 0 Å². The van der Waals surface area contributed by atoms with Crippen LogP contribution in [0, 0.1) is 0 Å². The number of rotatable bonds is 9. The number of hydrogen-bond donors (Lipinski definition) is 2. The molecule has 0 saturated heterocycles. The van der Waals surface area contributed by atoms with Gasteiger partial charge < -0.3 is 20.1 Å². The zero-order valence-electron chi connectivity index (χ0n) is 11.1. The van der Waals surface area contributed by atoms with Crippen LogP contribution >= 0.6 is 24.0 Å². The quantitative estimate of drug-likeness (QED) is 0.282. The molecule has 6 heteroatoms. The van der Waals surface area contributed by atoms with E-state index in [1.54, 1.807) is 0 Å². The van der Waals surface area contributed by atoms with Crippen molar-refractivity contribution in [1.29, 1.82) is 0 Å². The third-order valence-electron chi connectivity index (χ3n) is 1.80. The van der Waals surface area contributed by atoms with Crippen LogP contribution in [0.25, 0.3) is 0 Å². The van der Waals surface area contributed by atoms with E-state index in [4.69, 9.17) is 9.47 Å². The first-order chi connectivity index (χ1) is 7.85. The molecule has 0 rings (SSSR count). The molecule has 0 aliphatic carbocycles. The number of nitrogens with zero attached hydrogens (tertiary/aromatic N) is 1. The largest absolute Gasteiger partial charge is 0.380 e. The number of nitrogens with one attached hydrogen (secondary N) is 2. The van der Waals surface area contributed by atoms with Crippen molar-refractivity contribution in [3.05, 3.63) is 0 Å². The highest BCUT2D eigenvalue weighted by Crippen LogP contribution is 1.78. The van der Waals surface area contributed by atoms with Gasteiger partial charge in [-0.05, 0) is 20.8 Å². The van der Waals surface area contributed by atoms with E-state index in [2.05, 4.69) is 15.6 Å². The van der Waals surface area contributed by atoms with E-state index in [1.807, 2.05) is 20.8 Å². The molecule has 0 saturated carbocycles. The lowest BCUT2D eigenvalue weighted by Gasteiger charge is -2.11. The molecular formula is C11H26IN3O2. The molecule has 0 aromatic heterocycles. The van der Waals surface area contributed by atoms with Crippen molar-refractivity contribution in [2.45, 2.75) is 20.8 Å². The Kier molecular flexibility index (Phi) is 18.0. The smallest absolute Gasteiger partial charge is 0.191 e. The minimum atomic E-state index is 0. The number of guanidine groups is 1. The van der Waals surface area contributed by atoms with Crippen molar-refractivity contribution in [3.8, 4) is 0 Å². The van der Waals surface area contributed by atoms with Crippen LogP contribution < -0.4 is 10.6 Å². The summed E-state index contributed by atoms with van der Waals surface area (Å²) < 4.78 is 10.5. The van der Waals surface area contributed by atoms with Gasteiger partial charge in [0.25, 0.3) is 0 Å². The highest BCUT2D eigenvalue weighted by Gasteiger charge is 1.95. The first-order valence-electron chi connectivity index (χ1n) is 6.02. The fraction of sp³-hybridized carbons (Fsp3) is 0.909. The average molecular weight is 359 g/mol. The van der Waals surface area contributed by atoms with Crippen LogP contribution in [0.5, 0.6) is 0 Å². The third-order valence-corrected chi connectivity index (χ3v) is 1.80. The molecule has 0 amide bonds. The lowest BCUT2D eigenvalue weighted by atomic mass is 10.6. The minimum absolute atomic E-state index is 0. The average Bonchev–Trinajstić information content (AvgIpc) is 2.30. The maximum absolute atomic E-state index is 5.24. The molecule has 17 heavy (non-hydrogen) atoms. The Morgan fingerprint density at radius 2 is 1.65 bits per heavy atom. The molecule has 0 unspecified atom stereocenters. The predicted octanol–water partition coefficient (Wildman–Crippen LogP) is 1.23. The van der Waals surface area contributed by atoms with Crippen LogP contribution in [0.2, 0.25) is 0 Å². The molecule has 5 nitrogen and oxygen atoms in total. The Bertz CT molecular complexity index is 180. The van der Waals surface area contributed by atoms with Gasteiger partial charge in [-0.3, -0.25) is 4.99 Å². The fourth-order valence-corrected chi connectivity index (χ4v) is 1.09. The predicted molar refractivity (Wildman–Crippen MR) is 82.4 cm³/mol. The molecule has 0 radical (unpaired) electrons. The van der Waals surface area contributed by atoms with Crippen LogP contribution in [0.1, 0.15) is 20.8 Å². The second kappa shape index (κ2) is 15.9. The van der Waals surface area contributed by atoms with Crippen molar-refractivity contribution in [2.75, 3.05) is 46.1 Å². The molecule has 104 valence electrons. The Labute approximate surface area is 122 Å². The van der Waals surface area contributed by atoms with E-state index in [9.17, 15) is 0 Å². The first-order valence-corrected chi connectivity index (χ1v) is 6.02. The monoisotopic (exact) mass is 359 g/mol. The molecule has 0 fully saturated rings. The lowest BCUT2D eigenvalue weighted by Crippen LogP contribution is -2.39. The van der Waals surface area contributed by atoms with Crippen molar-refractivity contribution >= 4 is 29.9 Å². The van der Waals surface area contributed by atoms with E-state index in [-0.39, 0.29) is 24.0 Å². The summed E-state index contributed by atoms with van der Waals surface area (Å²) in [6.45, 7) is 11.2. The van der Waals surface area contributed by atoms with Crippen LogP contribution in [-0.4, -0.2) is 52.0 Å². The standard InChI is InChI=1S/C11H25N3O2.HI/c1-4-12-11(13-7-9-15-5-2)14-8-10-16-6-3;/h4-10H2,1-3H3,(H2,12,13,14);1H. The number of halogens is 1. The van der Waals surface area contributed by atoms with Crippen molar-refractivity contribution in [3.63, 3.8) is 0 Å². The molecule has 0 aliphatic heterocycles. The fourth-order valence-electron chi connectivity index (χ4n) is 1.09. The molecular weight excluding hydrogens is 333 g/mol. The zero-order chi connectivity index (χ0) is 12.1. The van der Waals surface area contributed by atoms with Crippen LogP contribution in [-0.2, 0) is 9.47 Å². The van der Waals surface area contributed by atoms with Gasteiger partial charge in [0, 0.05) is 26.3 Å². The first kappa shape index (κ1) is 19.3. The molecule has 0 aromatic carbocycles. The molecule has 0 spiro atoms. The van der Waals surface area contributed by atoms with E-state index in [0.717, 1.165) is 32.3 Å². The summed E-state index contributed by atoms with van der Waals surface area (Å²) in [7, 11) is 0. The second-order valence-corrected chi connectivity index (χ2v) is 3.08. The minimum Gasteiger partial charge on any atom is -0.380 e. The Hall–Kier alpha value is -0.0800. The summed E-state index contributed by atoms with van der Waals surface area (Å²) in [4.78, 5) is 4.36. The third kappa shape index (κ3) is 13.9. The van der Waals surface area contributed by atoms with Crippen LogP contribution in [0.4, 0.5) is 0 Å². The number of ether oxygens (including phenoxy) is 2. The molecule has 2 N–H and O–H groups in total. The molecule has 0 aliphatic rings. The molecule has 0 atom stereocenters. The van der Waals surface area contributed by atoms with E-state index in [1.165, 1.54) is 0 Å². The SMILES string of the molecule is CCNC(=NCCOCC)NCCOCC.I. The Balaban J connectivity index is 0. The Morgan fingerprint density at radius 3 is 2.24 bits per heavy atom. The van der Waals surface area contributed by atoms with Gasteiger partial charge in [0.2, 0.25) is 0 Å². The van der Waals surface area contributed by atoms with Gasteiger partial charge in [-0.1, -0.05) is 0 Å². The summed E-state index contributed by atoms with van der Waals surface area (Å²) in [5.41, 5.74) is 0. The van der Waals surface area contributed by atoms with Gasteiger partial charge in [0.1, 0.15) is 0 Å². The molecule has 0 aromatic rings. The lowest BCUT2D eigenvalue weighted by molar-refractivity contribution is 0.152. The van der Waals surface area contributed by atoms with E-state index < -0.39 is 0 Å². The summed E-state index contributed by atoms with van der Waals surface area (Å²) >= 11 is 0.